The molecule has 0 spiro atoms. The van der Waals surface area contributed by atoms with Crippen LogP contribution in [0.2, 0.25) is 0 Å². The van der Waals surface area contributed by atoms with E-state index < -0.39 is 0 Å². The number of nitrogens with zero attached hydrogens (tertiary/aromatic N) is 1. The van der Waals surface area contributed by atoms with Gasteiger partial charge in [-0.3, -0.25) is 4.99 Å². The molecule has 0 heterocycles. The first-order valence-corrected chi connectivity index (χ1v) is 5.52. The molecule has 0 fully saturated rings. The zero-order chi connectivity index (χ0) is 11.1. The van der Waals surface area contributed by atoms with Crippen LogP contribution >= 0.6 is 0 Å². The van der Waals surface area contributed by atoms with Crippen molar-refractivity contribution >= 4 is 12.4 Å². The second-order valence-electron chi connectivity index (χ2n) is 3.76. The van der Waals surface area contributed by atoms with Gasteiger partial charge < -0.3 is 0 Å². The second-order valence-corrected chi connectivity index (χ2v) is 3.76. The van der Waals surface area contributed by atoms with E-state index in [1.165, 1.54) is 18.4 Å². The maximum absolute atomic E-state index is 4.07. The molecule has 0 unspecified atom stereocenters. The molecule has 0 bridgehead atoms. The fourth-order valence-electron chi connectivity index (χ4n) is 1.44. The average molecular weight is 201 g/mol. The Hall–Kier alpha value is -1.37. The van der Waals surface area contributed by atoms with Crippen LogP contribution in [-0.2, 0) is 0 Å². The van der Waals surface area contributed by atoms with Gasteiger partial charge in [0.2, 0.25) is 0 Å². The summed E-state index contributed by atoms with van der Waals surface area (Å²) in [5.74, 6) is 0. The van der Waals surface area contributed by atoms with Crippen molar-refractivity contribution in [3.63, 3.8) is 0 Å². The summed E-state index contributed by atoms with van der Waals surface area (Å²) < 4.78 is 0. The summed E-state index contributed by atoms with van der Waals surface area (Å²) in [6, 6.07) is 8.41. The normalized spacial score (nSPS) is 11.5. The van der Waals surface area contributed by atoms with Crippen molar-refractivity contribution in [1.82, 2.24) is 0 Å². The predicted molar refractivity (Wildman–Crippen MR) is 68.2 cm³/mol. The number of benzene rings is 1. The molecule has 1 nitrogen and oxygen atoms in total. The van der Waals surface area contributed by atoms with Crippen molar-refractivity contribution in [2.24, 2.45) is 4.99 Å². The zero-order valence-corrected chi connectivity index (χ0v) is 9.66. The summed E-state index contributed by atoms with van der Waals surface area (Å²) in [5, 5.41) is 0. The SMILES string of the molecule is C=N/C(=C\CCCC)c1ccc(C)cc1. The molecule has 1 rings (SSSR count). The van der Waals surface area contributed by atoms with Gasteiger partial charge in [-0.05, 0) is 32.0 Å². The Balaban J connectivity index is 2.78. The Labute approximate surface area is 92.6 Å². The third-order valence-electron chi connectivity index (χ3n) is 2.41. The van der Waals surface area contributed by atoms with Gasteiger partial charge in [0.1, 0.15) is 0 Å². The third-order valence-corrected chi connectivity index (χ3v) is 2.41. The van der Waals surface area contributed by atoms with Gasteiger partial charge >= 0.3 is 0 Å². The second kappa shape index (κ2) is 6.18. The van der Waals surface area contributed by atoms with Crippen LogP contribution in [0.5, 0.6) is 0 Å². The Morgan fingerprint density at radius 3 is 2.53 bits per heavy atom. The van der Waals surface area contributed by atoms with E-state index in [4.69, 9.17) is 0 Å². The van der Waals surface area contributed by atoms with Crippen LogP contribution in [-0.4, -0.2) is 6.72 Å². The van der Waals surface area contributed by atoms with Gasteiger partial charge in [-0.25, -0.2) is 0 Å². The smallest absolute Gasteiger partial charge is 0.0654 e. The van der Waals surface area contributed by atoms with Gasteiger partial charge in [0, 0.05) is 0 Å². The van der Waals surface area contributed by atoms with Crippen LogP contribution in [0, 0.1) is 6.92 Å². The maximum atomic E-state index is 4.07. The third kappa shape index (κ3) is 3.70. The van der Waals surface area contributed by atoms with Crippen LogP contribution < -0.4 is 0 Å². The lowest BCUT2D eigenvalue weighted by Crippen LogP contribution is -1.82. The Kier molecular flexibility index (Phi) is 4.82. The first kappa shape index (κ1) is 11.7. The molecule has 0 radical (unpaired) electrons. The van der Waals surface area contributed by atoms with Crippen molar-refractivity contribution in [2.75, 3.05) is 0 Å². The number of unbranched alkanes of at least 4 members (excludes halogenated alkanes) is 2. The van der Waals surface area contributed by atoms with Crippen molar-refractivity contribution in [1.29, 1.82) is 0 Å². The molecule has 0 aliphatic carbocycles. The minimum absolute atomic E-state index is 1.00. The van der Waals surface area contributed by atoms with E-state index >= 15 is 0 Å². The summed E-state index contributed by atoms with van der Waals surface area (Å²) >= 11 is 0. The Morgan fingerprint density at radius 1 is 1.33 bits per heavy atom. The van der Waals surface area contributed by atoms with Crippen molar-refractivity contribution in [3.8, 4) is 0 Å². The van der Waals surface area contributed by atoms with Gasteiger partial charge in [0.25, 0.3) is 0 Å². The number of hydrogen-bond acceptors (Lipinski definition) is 1. The summed E-state index contributed by atoms with van der Waals surface area (Å²) in [4.78, 5) is 4.07. The molecule has 0 atom stereocenters. The minimum atomic E-state index is 1.00. The number of aryl methyl sites for hydroxylation is 1. The molecule has 1 aromatic carbocycles. The lowest BCUT2D eigenvalue weighted by atomic mass is 10.1. The highest BCUT2D eigenvalue weighted by Gasteiger charge is 1.97. The predicted octanol–water partition coefficient (Wildman–Crippen LogP) is 4.23. The van der Waals surface area contributed by atoms with E-state index in [1.807, 2.05) is 0 Å². The topological polar surface area (TPSA) is 12.4 Å². The van der Waals surface area contributed by atoms with Gasteiger partial charge in [0.05, 0.1) is 5.70 Å². The molecule has 0 saturated carbocycles. The fourth-order valence-corrected chi connectivity index (χ4v) is 1.44. The summed E-state index contributed by atoms with van der Waals surface area (Å²) in [6.45, 7) is 7.90. The molecule has 15 heavy (non-hydrogen) atoms. The summed E-state index contributed by atoms with van der Waals surface area (Å²) in [5.41, 5.74) is 3.44. The standard InChI is InChI=1S/C14H19N/c1-4-5-6-7-14(15-3)13-10-8-12(2)9-11-13/h7-11H,3-6H2,1-2H3/b14-7-. The van der Waals surface area contributed by atoms with E-state index in [-0.39, 0.29) is 0 Å². The molecule has 0 aliphatic rings. The monoisotopic (exact) mass is 201 g/mol. The molecule has 80 valence electrons. The van der Waals surface area contributed by atoms with Crippen molar-refractivity contribution < 1.29 is 0 Å². The molecular formula is C14H19N. The summed E-state index contributed by atoms with van der Waals surface area (Å²) in [6.07, 6.45) is 5.68. The highest BCUT2D eigenvalue weighted by molar-refractivity contribution is 5.67. The summed E-state index contributed by atoms with van der Waals surface area (Å²) in [7, 11) is 0. The number of aliphatic imine (C=N–C) groups is 1. The van der Waals surface area contributed by atoms with Gasteiger partial charge in [-0.2, -0.15) is 0 Å². The molecule has 1 aromatic rings. The fraction of sp³-hybridized carbons (Fsp3) is 0.357. The molecule has 0 amide bonds. The molecule has 0 aliphatic heterocycles. The molecule has 0 aromatic heterocycles. The van der Waals surface area contributed by atoms with Crippen LogP contribution in [0.4, 0.5) is 0 Å². The van der Waals surface area contributed by atoms with Crippen LogP contribution in [0.15, 0.2) is 35.3 Å². The van der Waals surface area contributed by atoms with Gasteiger partial charge in [0.15, 0.2) is 0 Å². The van der Waals surface area contributed by atoms with Crippen LogP contribution in [0.1, 0.15) is 37.3 Å². The lowest BCUT2D eigenvalue weighted by Gasteiger charge is -2.02. The van der Waals surface area contributed by atoms with Crippen molar-refractivity contribution in [2.45, 2.75) is 33.1 Å². The largest absolute Gasteiger partial charge is 0.264 e. The Morgan fingerprint density at radius 2 is 2.00 bits per heavy atom. The molecule has 0 saturated heterocycles. The first-order chi connectivity index (χ1) is 7.27. The number of rotatable bonds is 5. The van der Waals surface area contributed by atoms with Gasteiger partial charge in [-0.1, -0.05) is 49.2 Å². The van der Waals surface area contributed by atoms with E-state index in [0.29, 0.717) is 0 Å². The van der Waals surface area contributed by atoms with Crippen LogP contribution in [0.3, 0.4) is 0 Å². The minimum Gasteiger partial charge on any atom is -0.264 e. The van der Waals surface area contributed by atoms with E-state index in [1.54, 1.807) is 0 Å². The van der Waals surface area contributed by atoms with Gasteiger partial charge in [-0.15, -0.1) is 0 Å². The number of hydrogen-bond donors (Lipinski definition) is 0. The van der Waals surface area contributed by atoms with E-state index in [9.17, 15) is 0 Å². The molecule has 0 N–H and O–H groups in total. The van der Waals surface area contributed by atoms with E-state index in [0.717, 1.165) is 17.7 Å². The first-order valence-electron chi connectivity index (χ1n) is 5.52. The highest BCUT2D eigenvalue weighted by Crippen LogP contribution is 2.17. The van der Waals surface area contributed by atoms with Crippen molar-refractivity contribution in [3.05, 3.63) is 41.5 Å². The quantitative estimate of drug-likeness (QED) is 0.499. The number of allylic oxidation sites excluding steroid dienone is 1. The molecule has 1 heteroatoms. The van der Waals surface area contributed by atoms with E-state index in [2.05, 4.69) is 55.9 Å². The lowest BCUT2D eigenvalue weighted by molar-refractivity contribution is 0.815. The maximum Gasteiger partial charge on any atom is 0.0654 e. The zero-order valence-electron chi connectivity index (χ0n) is 9.66. The average Bonchev–Trinajstić information content (AvgIpc) is 2.26. The highest BCUT2D eigenvalue weighted by atomic mass is 14.7. The Bertz CT molecular complexity index is 333. The van der Waals surface area contributed by atoms with Crippen LogP contribution in [0.25, 0.3) is 5.70 Å². The molecular weight excluding hydrogens is 182 g/mol.